The SMILES string of the molecule is CCCCCc1cc(C(=O)O)ccc1C#Cc1ccc(O)cc1C(F)(F)F. The summed E-state index contributed by atoms with van der Waals surface area (Å²) < 4.78 is 39.4. The number of aromatic hydroxyl groups is 1. The highest BCUT2D eigenvalue weighted by molar-refractivity contribution is 5.88. The number of carboxylic acids is 1. The topological polar surface area (TPSA) is 57.5 Å². The van der Waals surface area contributed by atoms with E-state index in [4.69, 9.17) is 5.11 Å². The van der Waals surface area contributed by atoms with E-state index >= 15 is 0 Å². The van der Waals surface area contributed by atoms with E-state index in [2.05, 4.69) is 11.8 Å². The molecule has 3 nitrogen and oxygen atoms in total. The molecule has 0 atom stereocenters. The van der Waals surface area contributed by atoms with Gasteiger partial charge in [0.25, 0.3) is 0 Å². The minimum atomic E-state index is -4.64. The highest BCUT2D eigenvalue weighted by Gasteiger charge is 2.33. The van der Waals surface area contributed by atoms with Crippen molar-refractivity contribution in [3.63, 3.8) is 0 Å². The predicted octanol–water partition coefficient (Wildman–Crippen LogP) is 5.24. The average molecular weight is 376 g/mol. The van der Waals surface area contributed by atoms with Crippen molar-refractivity contribution in [3.05, 3.63) is 64.2 Å². The van der Waals surface area contributed by atoms with Crippen LogP contribution < -0.4 is 0 Å². The number of phenols is 1. The number of carboxylic acid groups (broad SMARTS) is 1. The van der Waals surface area contributed by atoms with Crippen LogP contribution in [0.4, 0.5) is 13.2 Å². The van der Waals surface area contributed by atoms with E-state index in [9.17, 15) is 23.1 Å². The lowest BCUT2D eigenvalue weighted by molar-refractivity contribution is -0.137. The summed E-state index contributed by atoms with van der Waals surface area (Å²) in [4.78, 5) is 11.2. The van der Waals surface area contributed by atoms with Gasteiger partial charge in [0.05, 0.1) is 11.1 Å². The first kappa shape index (κ1) is 20.4. The first-order valence-electron chi connectivity index (χ1n) is 8.51. The minimum Gasteiger partial charge on any atom is -0.508 e. The fourth-order valence-corrected chi connectivity index (χ4v) is 2.63. The van der Waals surface area contributed by atoms with Crippen molar-refractivity contribution in [2.45, 2.75) is 38.8 Å². The number of hydrogen-bond donors (Lipinski definition) is 2. The van der Waals surface area contributed by atoms with Crippen LogP contribution in [0.1, 0.15) is 58.8 Å². The van der Waals surface area contributed by atoms with Crippen LogP contribution in [0.15, 0.2) is 36.4 Å². The van der Waals surface area contributed by atoms with Gasteiger partial charge in [0.2, 0.25) is 0 Å². The summed E-state index contributed by atoms with van der Waals surface area (Å²) in [6.07, 6.45) is -1.26. The number of carbonyl (C=O) groups is 1. The largest absolute Gasteiger partial charge is 0.508 e. The minimum absolute atomic E-state index is 0.118. The highest BCUT2D eigenvalue weighted by Crippen LogP contribution is 2.33. The zero-order chi connectivity index (χ0) is 20.0. The summed E-state index contributed by atoms with van der Waals surface area (Å²) in [6, 6.07) is 7.33. The summed E-state index contributed by atoms with van der Waals surface area (Å²) in [5, 5.41) is 18.5. The van der Waals surface area contributed by atoms with Gasteiger partial charge < -0.3 is 10.2 Å². The first-order chi connectivity index (χ1) is 12.7. The van der Waals surface area contributed by atoms with E-state index in [-0.39, 0.29) is 11.1 Å². The van der Waals surface area contributed by atoms with Crippen molar-refractivity contribution in [2.24, 2.45) is 0 Å². The molecule has 0 aliphatic rings. The van der Waals surface area contributed by atoms with Crippen molar-refractivity contribution in [2.75, 3.05) is 0 Å². The maximum atomic E-state index is 13.1. The van der Waals surface area contributed by atoms with Gasteiger partial charge in [0.1, 0.15) is 5.75 Å². The van der Waals surface area contributed by atoms with Gasteiger partial charge >= 0.3 is 12.1 Å². The predicted molar refractivity (Wildman–Crippen MR) is 95.7 cm³/mol. The highest BCUT2D eigenvalue weighted by atomic mass is 19.4. The van der Waals surface area contributed by atoms with Crippen LogP contribution in [0.3, 0.4) is 0 Å². The standard InChI is InChI=1S/C21H19F3O3/c1-2-3-4-5-16-12-17(20(26)27)9-7-14(16)6-8-15-10-11-18(25)13-19(15)21(22,23)24/h7,9-13,25H,2-5H2,1H3,(H,26,27). The molecule has 27 heavy (non-hydrogen) atoms. The van der Waals surface area contributed by atoms with Gasteiger partial charge in [-0.05, 0) is 54.8 Å². The number of alkyl halides is 3. The van der Waals surface area contributed by atoms with Gasteiger partial charge in [0, 0.05) is 11.1 Å². The summed E-state index contributed by atoms with van der Waals surface area (Å²) >= 11 is 0. The van der Waals surface area contributed by atoms with Crippen LogP contribution >= 0.6 is 0 Å². The summed E-state index contributed by atoms with van der Waals surface area (Å²) in [5.74, 6) is 3.69. The molecular weight excluding hydrogens is 357 g/mol. The Hall–Kier alpha value is -2.94. The molecule has 0 fully saturated rings. The first-order valence-corrected chi connectivity index (χ1v) is 8.51. The molecule has 0 aliphatic carbocycles. The Morgan fingerprint density at radius 3 is 2.33 bits per heavy atom. The Labute approximate surface area is 155 Å². The molecule has 0 bridgehead atoms. The van der Waals surface area contributed by atoms with Crippen molar-refractivity contribution in [1.82, 2.24) is 0 Å². The van der Waals surface area contributed by atoms with Crippen molar-refractivity contribution < 1.29 is 28.2 Å². The Kier molecular flexibility index (Phi) is 6.51. The smallest absolute Gasteiger partial charge is 0.417 e. The zero-order valence-electron chi connectivity index (χ0n) is 14.7. The van der Waals surface area contributed by atoms with Crippen molar-refractivity contribution in [1.29, 1.82) is 0 Å². The second-order valence-corrected chi connectivity index (χ2v) is 6.11. The van der Waals surface area contributed by atoms with E-state index in [1.807, 2.05) is 6.92 Å². The summed E-state index contributed by atoms with van der Waals surface area (Å²) in [5.41, 5.74) is 0.0555. The molecule has 0 heterocycles. The van der Waals surface area contributed by atoms with E-state index in [0.29, 0.717) is 23.6 Å². The molecule has 6 heteroatoms. The molecule has 2 aromatic carbocycles. The number of halogens is 3. The Bertz CT molecular complexity index is 890. The molecule has 2 N–H and O–H groups in total. The van der Waals surface area contributed by atoms with Gasteiger partial charge in [-0.25, -0.2) is 4.79 Å². The number of phenolic OH excluding ortho intramolecular Hbond substituents is 1. The molecule has 0 aliphatic heterocycles. The monoisotopic (exact) mass is 376 g/mol. The van der Waals surface area contributed by atoms with E-state index in [0.717, 1.165) is 31.4 Å². The number of aryl methyl sites for hydroxylation is 1. The lowest BCUT2D eigenvalue weighted by atomic mass is 9.98. The normalized spacial score (nSPS) is 11.0. The number of aromatic carboxylic acids is 1. The van der Waals surface area contributed by atoms with Crippen LogP contribution in [0.25, 0.3) is 0 Å². The van der Waals surface area contributed by atoms with Crippen molar-refractivity contribution >= 4 is 5.97 Å². The van der Waals surface area contributed by atoms with Crippen LogP contribution in [0.5, 0.6) is 5.75 Å². The van der Waals surface area contributed by atoms with Gasteiger partial charge in [-0.3, -0.25) is 0 Å². The second kappa shape index (κ2) is 8.63. The molecule has 0 radical (unpaired) electrons. The molecule has 0 aromatic heterocycles. The molecule has 142 valence electrons. The average Bonchev–Trinajstić information content (AvgIpc) is 2.60. The maximum absolute atomic E-state index is 13.1. The summed E-state index contributed by atoms with van der Waals surface area (Å²) in [7, 11) is 0. The van der Waals surface area contributed by atoms with E-state index in [1.165, 1.54) is 18.2 Å². The number of hydrogen-bond acceptors (Lipinski definition) is 2. The fourth-order valence-electron chi connectivity index (χ4n) is 2.63. The van der Waals surface area contributed by atoms with Gasteiger partial charge in [-0.15, -0.1) is 0 Å². The third kappa shape index (κ3) is 5.52. The second-order valence-electron chi connectivity index (χ2n) is 6.11. The molecule has 0 unspecified atom stereocenters. The quantitative estimate of drug-likeness (QED) is 0.554. The van der Waals surface area contributed by atoms with E-state index in [1.54, 1.807) is 0 Å². The number of rotatable bonds is 5. The summed E-state index contributed by atoms with van der Waals surface area (Å²) in [6.45, 7) is 2.04. The Balaban J connectivity index is 2.45. The van der Waals surface area contributed by atoms with Crippen LogP contribution in [-0.2, 0) is 12.6 Å². The molecular formula is C21H19F3O3. The van der Waals surface area contributed by atoms with Gasteiger partial charge in [-0.2, -0.15) is 13.2 Å². The van der Waals surface area contributed by atoms with E-state index < -0.39 is 23.5 Å². The third-order valence-corrected chi connectivity index (χ3v) is 4.04. The molecule has 0 saturated heterocycles. The molecule has 0 saturated carbocycles. The number of benzene rings is 2. The Morgan fingerprint density at radius 1 is 1.04 bits per heavy atom. The molecule has 2 aromatic rings. The molecule has 2 rings (SSSR count). The maximum Gasteiger partial charge on any atom is 0.417 e. The van der Waals surface area contributed by atoms with Crippen LogP contribution in [-0.4, -0.2) is 16.2 Å². The molecule has 0 amide bonds. The van der Waals surface area contributed by atoms with Crippen LogP contribution in [0.2, 0.25) is 0 Å². The zero-order valence-corrected chi connectivity index (χ0v) is 14.7. The number of unbranched alkanes of at least 4 members (excludes halogenated alkanes) is 2. The van der Waals surface area contributed by atoms with Crippen LogP contribution in [0, 0.1) is 11.8 Å². The lowest BCUT2D eigenvalue weighted by Crippen LogP contribution is -2.07. The van der Waals surface area contributed by atoms with Gasteiger partial charge in [-0.1, -0.05) is 31.6 Å². The lowest BCUT2D eigenvalue weighted by Gasteiger charge is -2.09. The Morgan fingerprint density at radius 2 is 1.70 bits per heavy atom. The van der Waals surface area contributed by atoms with Gasteiger partial charge in [0.15, 0.2) is 0 Å². The fraction of sp³-hybridized carbons (Fsp3) is 0.286. The third-order valence-electron chi connectivity index (χ3n) is 4.04. The van der Waals surface area contributed by atoms with Crippen molar-refractivity contribution in [3.8, 4) is 17.6 Å². The molecule has 0 spiro atoms.